The van der Waals surface area contributed by atoms with Crippen molar-refractivity contribution in [2.75, 3.05) is 26.2 Å². The van der Waals surface area contributed by atoms with E-state index in [-0.39, 0.29) is 0 Å². The van der Waals surface area contributed by atoms with E-state index in [1.54, 1.807) is 0 Å². The lowest BCUT2D eigenvalue weighted by atomic mass is 10.0. The summed E-state index contributed by atoms with van der Waals surface area (Å²) in [5.74, 6) is -2.34. The smallest absolute Gasteiger partial charge is 0.302 e. The molecule has 0 aromatic carbocycles. The van der Waals surface area contributed by atoms with Crippen molar-refractivity contribution in [1.82, 2.24) is 21.3 Å². The number of nitrogens with zero attached hydrogens (tertiary/aromatic N) is 1. The number of quaternary nitrogens is 1. The van der Waals surface area contributed by atoms with E-state index in [2.05, 4.69) is 21.3 Å². The monoisotopic (exact) mass is 406 g/mol. The number of carbonyl (C=O) groups is 4. The van der Waals surface area contributed by atoms with E-state index in [4.69, 9.17) is 0 Å². The summed E-state index contributed by atoms with van der Waals surface area (Å²) in [5, 5.41) is 12.5. The average molecular weight is 407 g/mol. The maximum absolute atomic E-state index is 13.8. The third-order valence-corrected chi connectivity index (χ3v) is 6.76. The summed E-state index contributed by atoms with van der Waals surface area (Å²) in [6, 6.07) is -2.57. The van der Waals surface area contributed by atoms with Crippen LogP contribution in [0, 0.1) is 0 Å². The van der Waals surface area contributed by atoms with Gasteiger partial charge in [-0.3, -0.25) is 0 Å². The summed E-state index contributed by atoms with van der Waals surface area (Å²) in [5.41, 5.74) is 0. The Morgan fingerprint density at radius 1 is 0.483 bits per heavy atom. The summed E-state index contributed by atoms with van der Waals surface area (Å²) in [4.78, 5) is 55.3. The molecule has 0 radical (unpaired) electrons. The molecule has 4 rings (SSSR count). The molecule has 4 N–H and O–H groups in total. The summed E-state index contributed by atoms with van der Waals surface area (Å²) in [7, 11) is 0. The van der Waals surface area contributed by atoms with Crippen LogP contribution in [-0.4, -0.2) is 78.5 Å². The molecule has 160 valence electrons. The van der Waals surface area contributed by atoms with Gasteiger partial charge in [-0.2, -0.15) is 0 Å². The molecule has 29 heavy (non-hydrogen) atoms. The van der Waals surface area contributed by atoms with Gasteiger partial charge in [0.05, 0.1) is 0 Å². The molecule has 0 unspecified atom stereocenters. The van der Waals surface area contributed by atoms with E-state index in [0.717, 1.165) is 25.7 Å². The Balaban J connectivity index is 1.79. The summed E-state index contributed by atoms with van der Waals surface area (Å²) >= 11 is 0. The van der Waals surface area contributed by atoms with Gasteiger partial charge in [0.2, 0.25) is 0 Å². The maximum Gasteiger partial charge on any atom is 0.353 e. The van der Waals surface area contributed by atoms with Crippen LogP contribution in [0.5, 0.6) is 0 Å². The number of hydrogen-bond acceptors (Lipinski definition) is 8. The van der Waals surface area contributed by atoms with E-state index in [0.29, 0.717) is 51.9 Å². The van der Waals surface area contributed by atoms with E-state index in [1.807, 2.05) is 0 Å². The highest BCUT2D eigenvalue weighted by Gasteiger charge is 2.65. The van der Waals surface area contributed by atoms with Crippen LogP contribution in [-0.2, 0) is 19.2 Å². The number of imide groups is 6. The lowest BCUT2D eigenvalue weighted by Crippen LogP contribution is -2.75. The van der Waals surface area contributed by atoms with E-state index in [9.17, 15) is 19.2 Å². The Morgan fingerprint density at radius 2 is 0.724 bits per heavy atom. The van der Waals surface area contributed by atoms with Crippen molar-refractivity contribution in [3.05, 3.63) is 0 Å². The molecular formula is C20H32N5O4+. The van der Waals surface area contributed by atoms with Gasteiger partial charge in [-0.25, -0.2) is 19.2 Å². The zero-order valence-corrected chi connectivity index (χ0v) is 16.9. The Morgan fingerprint density at radius 3 is 0.897 bits per heavy atom. The van der Waals surface area contributed by atoms with Crippen LogP contribution in [0.3, 0.4) is 0 Å². The Labute approximate surface area is 170 Å². The molecular weight excluding hydrogens is 374 g/mol. The first kappa shape index (κ1) is 20.7. The quantitative estimate of drug-likeness (QED) is 0.344. The lowest BCUT2D eigenvalue weighted by molar-refractivity contribution is -0.632. The number of rotatable bonds is 4. The molecule has 4 saturated heterocycles. The molecule has 0 aliphatic carbocycles. The lowest BCUT2D eigenvalue weighted by Gasteiger charge is -2.35. The summed E-state index contributed by atoms with van der Waals surface area (Å²) < 4.78 is -1.29. The van der Waals surface area contributed by atoms with E-state index >= 15 is 0 Å². The van der Waals surface area contributed by atoms with Crippen molar-refractivity contribution < 1.29 is 23.7 Å². The van der Waals surface area contributed by atoms with Crippen molar-refractivity contribution in [1.29, 1.82) is 0 Å². The third kappa shape index (κ3) is 3.59. The highest BCUT2D eigenvalue weighted by molar-refractivity contribution is 6.14. The molecule has 0 aromatic heterocycles. The van der Waals surface area contributed by atoms with Gasteiger partial charge in [-0.1, -0.05) is 4.48 Å². The minimum atomic E-state index is -1.29. The molecule has 0 spiro atoms. The maximum atomic E-state index is 13.8. The SMILES string of the molecule is O=C([C@H]1CCCN1)[N+](C(=O)[C@H]1CCCN1)(C(=O)[C@H]1CCCN1)C(=O)[C@H]1CCCN1. The number of nitrogens with one attached hydrogen (secondary N) is 4. The van der Waals surface area contributed by atoms with Crippen LogP contribution < -0.4 is 21.3 Å². The Bertz CT molecular complexity index is 555. The molecule has 0 saturated carbocycles. The van der Waals surface area contributed by atoms with Crippen molar-refractivity contribution in [2.24, 2.45) is 0 Å². The molecule has 0 bridgehead atoms. The van der Waals surface area contributed by atoms with Crippen LogP contribution in [0.2, 0.25) is 0 Å². The minimum absolute atomic E-state index is 0.543. The fraction of sp³-hybridized carbons (Fsp3) is 0.800. The van der Waals surface area contributed by atoms with Crippen LogP contribution in [0.4, 0.5) is 0 Å². The second-order valence-electron chi connectivity index (χ2n) is 8.62. The Hall–Kier alpha value is -1.52. The van der Waals surface area contributed by atoms with Crippen LogP contribution in [0.1, 0.15) is 51.4 Å². The predicted octanol–water partition coefficient (Wildman–Crippen LogP) is -1.08. The molecule has 4 aliphatic heterocycles. The fourth-order valence-corrected chi connectivity index (χ4v) is 5.17. The van der Waals surface area contributed by atoms with Gasteiger partial charge in [-0.15, -0.1) is 0 Å². The molecule has 0 aromatic rings. The molecule has 4 fully saturated rings. The zero-order chi connectivity index (χ0) is 20.4. The second-order valence-corrected chi connectivity index (χ2v) is 8.62. The van der Waals surface area contributed by atoms with Gasteiger partial charge >= 0.3 is 23.6 Å². The number of hydrogen-bond donors (Lipinski definition) is 4. The van der Waals surface area contributed by atoms with Crippen LogP contribution in [0.15, 0.2) is 0 Å². The minimum Gasteiger partial charge on any atom is -0.302 e. The van der Waals surface area contributed by atoms with Crippen molar-refractivity contribution >= 4 is 23.6 Å². The Kier molecular flexibility index (Phi) is 6.21. The van der Waals surface area contributed by atoms with E-state index in [1.165, 1.54) is 0 Å². The first-order valence-electron chi connectivity index (χ1n) is 11.1. The van der Waals surface area contributed by atoms with Gasteiger partial charge in [0.1, 0.15) is 24.2 Å². The first-order chi connectivity index (χ1) is 14.1. The topological polar surface area (TPSA) is 116 Å². The number of amides is 4. The molecule has 9 heteroatoms. The second kappa shape index (κ2) is 8.69. The van der Waals surface area contributed by atoms with Gasteiger partial charge in [0.25, 0.3) is 0 Å². The van der Waals surface area contributed by atoms with Gasteiger partial charge in [0, 0.05) is 0 Å². The summed E-state index contributed by atoms with van der Waals surface area (Å²) in [6.45, 7) is 2.60. The summed E-state index contributed by atoms with van der Waals surface area (Å²) in [6.07, 6.45) is 5.33. The molecule has 4 aliphatic rings. The van der Waals surface area contributed by atoms with Gasteiger partial charge in [0.15, 0.2) is 0 Å². The van der Waals surface area contributed by atoms with Crippen molar-refractivity contribution in [3.63, 3.8) is 0 Å². The van der Waals surface area contributed by atoms with Crippen molar-refractivity contribution in [2.45, 2.75) is 75.5 Å². The third-order valence-electron chi connectivity index (χ3n) is 6.76. The molecule has 4 heterocycles. The fourth-order valence-electron chi connectivity index (χ4n) is 5.17. The highest BCUT2D eigenvalue weighted by Crippen LogP contribution is 2.28. The predicted molar refractivity (Wildman–Crippen MR) is 104 cm³/mol. The average Bonchev–Trinajstić information content (AvgIpc) is 3.55. The van der Waals surface area contributed by atoms with E-state index < -0.39 is 52.3 Å². The highest BCUT2D eigenvalue weighted by atomic mass is 16.2. The van der Waals surface area contributed by atoms with Crippen LogP contribution in [0.25, 0.3) is 0 Å². The first-order valence-corrected chi connectivity index (χ1v) is 11.1. The van der Waals surface area contributed by atoms with Gasteiger partial charge < -0.3 is 21.3 Å². The molecule has 4 amide bonds. The van der Waals surface area contributed by atoms with Crippen LogP contribution >= 0.6 is 0 Å². The molecule has 4 atom stereocenters. The largest absolute Gasteiger partial charge is 0.353 e. The molecule has 9 nitrogen and oxygen atoms in total. The standard InChI is InChI=1S/C20H32N5O4/c26-17(13-5-1-9-21-13)25(18(27)14-6-2-10-22-14,19(28)15-7-3-11-23-15)20(29)16-8-4-12-24-16/h13-16,21-24H,1-12H2/q+1/t13-,14-,15-,16-/m1/s1. The normalized spacial score (nSPS) is 32.6. The number of carbonyl (C=O) groups excluding carboxylic acids is 4. The van der Waals surface area contributed by atoms with Crippen molar-refractivity contribution in [3.8, 4) is 0 Å². The van der Waals surface area contributed by atoms with Gasteiger partial charge in [-0.05, 0) is 77.5 Å². The zero-order valence-electron chi connectivity index (χ0n) is 16.9.